The molecule has 1 atom stereocenters. The van der Waals surface area contributed by atoms with Crippen molar-refractivity contribution in [1.29, 1.82) is 0 Å². The highest BCUT2D eigenvalue weighted by Gasteiger charge is 2.30. The first-order chi connectivity index (χ1) is 12.3. The van der Waals surface area contributed by atoms with Crippen LogP contribution in [0.2, 0.25) is 0 Å². The molecular weight excluding hydrogens is 334 g/mol. The molecule has 7 heteroatoms. The molecule has 1 aliphatic heterocycles. The van der Waals surface area contributed by atoms with Crippen molar-refractivity contribution in [2.75, 3.05) is 13.1 Å². The third-order valence-corrected chi connectivity index (χ3v) is 5.35. The van der Waals surface area contributed by atoms with E-state index in [2.05, 4.69) is 33.4 Å². The zero-order valence-electron chi connectivity index (χ0n) is 14.0. The lowest BCUT2D eigenvalue weighted by molar-refractivity contribution is -0.134. The lowest BCUT2D eigenvalue weighted by Gasteiger charge is -2.32. The molecule has 1 unspecified atom stereocenters. The van der Waals surface area contributed by atoms with Crippen molar-refractivity contribution in [3.05, 3.63) is 41.0 Å². The van der Waals surface area contributed by atoms with Crippen molar-refractivity contribution < 1.29 is 4.79 Å². The summed E-state index contributed by atoms with van der Waals surface area (Å²) in [6.07, 6.45) is 15.0. The predicted octanol–water partition coefficient (Wildman–Crippen LogP) is 3.32. The summed E-state index contributed by atoms with van der Waals surface area (Å²) in [5, 5.41) is 7.62. The Morgan fingerprint density at radius 2 is 2.08 bits per heavy atom. The molecule has 2 aliphatic rings. The predicted molar refractivity (Wildman–Crippen MR) is 98.6 cm³/mol. The monoisotopic (exact) mass is 355 g/mol. The highest BCUT2D eigenvalue weighted by atomic mass is 32.1. The zero-order valence-corrected chi connectivity index (χ0v) is 14.8. The van der Waals surface area contributed by atoms with Crippen molar-refractivity contribution in [1.82, 2.24) is 24.6 Å². The first kappa shape index (κ1) is 16.2. The molecule has 1 amide bonds. The number of nitrogens with zero attached hydrogens (tertiary/aromatic N) is 4. The summed E-state index contributed by atoms with van der Waals surface area (Å²) in [4.78, 5) is 19.7. The summed E-state index contributed by atoms with van der Waals surface area (Å²) in [5.74, 6) is 0.109. The van der Waals surface area contributed by atoms with Gasteiger partial charge in [0.2, 0.25) is 5.91 Å². The summed E-state index contributed by atoms with van der Waals surface area (Å²) in [5.41, 5.74) is 1.65. The second kappa shape index (κ2) is 6.92. The van der Waals surface area contributed by atoms with Crippen LogP contribution in [-0.2, 0) is 4.79 Å². The molecule has 3 heterocycles. The fourth-order valence-electron chi connectivity index (χ4n) is 3.58. The molecule has 4 rings (SSSR count). The van der Waals surface area contributed by atoms with Gasteiger partial charge in [0, 0.05) is 13.1 Å². The number of carbonyl (C=O) groups excluding carboxylic acids is 1. The molecule has 0 bridgehead atoms. The van der Waals surface area contributed by atoms with Crippen LogP contribution in [0.5, 0.6) is 0 Å². The number of likely N-dealkylation sites (tertiary alicyclic amines) is 1. The largest absolute Gasteiger partial charge is 0.341 e. The summed E-state index contributed by atoms with van der Waals surface area (Å²) in [7, 11) is 0. The second-order valence-electron chi connectivity index (χ2n) is 6.56. The molecule has 0 radical (unpaired) electrons. The van der Waals surface area contributed by atoms with Gasteiger partial charge in [-0.05, 0) is 37.7 Å². The Labute approximate surface area is 151 Å². The maximum absolute atomic E-state index is 13.4. The van der Waals surface area contributed by atoms with Crippen LogP contribution in [0.4, 0.5) is 0 Å². The summed E-state index contributed by atoms with van der Waals surface area (Å²) >= 11 is 5.65. The Morgan fingerprint density at radius 3 is 2.84 bits per heavy atom. The van der Waals surface area contributed by atoms with Gasteiger partial charge in [0.15, 0.2) is 5.65 Å². The number of aromatic amines is 1. The smallest absolute Gasteiger partial charge is 0.250 e. The highest BCUT2D eigenvalue weighted by molar-refractivity contribution is 7.71. The second-order valence-corrected chi connectivity index (χ2v) is 6.95. The number of carbonyl (C=O) groups is 1. The average molecular weight is 355 g/mol. The van der Waals surface area contributed by atoms with Crippen molar-refractivity contribution >= 4 is 29.2 Å². The Kier molecular flexibility index (Phi) is 4.48. The molecule has 25 heavy (non-hydrogen) atoms. The molecule has 0 aromatic carbocycles. The number of nitrogens with one attached hydrogen (secondary N) is 1. The van der Waals surface area contributed by atoms with E-state index in [-0.39, 0.29) is 5.91 Å². The maximum atomic E-state index is 13.4. The van der Waals surface area contributed by atoms with Gasteiger partial charge in [0.25, 0.3) is 0 Å². The molecule has 0 spiro atoms. The fraction of sp³-hybridized carbons (Fsp3) is 0.444. The Balaban J connectivity index is 1.80. The number of allylic oxidation sites excluding steroid dienone is 3. The molecule has 1 fully saturated rings. The van der Waals surface area contributed by atoms with Crippen molar-refractivity contribution in [3.8, 4) is 0 Å². The van der Waals surface area contributed by atoms with E-state index >= 15 is 0 Å². The van der Waals surface area contributed by atoms with Gasteiger partial charge in [-0.15, -0.1) is 0 Å². The minimum atomic E-state index is -0.450. The molecule has 6 nitrogen and oxygen atoms in total. The van der Waals surface area contributed by atoms with Gasteiger partial charge >= 0.3 is 0 Å². The van der Waals surface area contributed by atoms with Crippen molar-refractivity contribution in [3.63, 3.8) is 0 Å². The van der Waals surface area contributed by atoms with Crippen LogP contribution in [0.25, 0.3) is 11.0 Å². The summed E-state index contributed by atoms with van der Waals surface area (Å²) < 4.78 is 2.42. The van der Waals surface area contributed by atoms with E-state index in [4.69, 9.17) is 12.2 Å². The first-order valence-corrected chi connectivity index (χ1v) is 9.22. The quantitative estimate of drug-likeness (QED) is 0.858. The van der Waals surface area contributed by atoms with Crippen molar-refractivity contribution in [2.24, 2.45) is 0 Å². The molecule has 1 N–H and O–H groups in total. The molecule has 1 aliphatic carbocycles. The van der Waals surface area contributed by atoms with Gasteiger partial charge in [0.05, 0.1) is 17.9 Å². The van der Waals surface area contributed by atoms with E-state index in [1.54, 1.807) is 12.5 Å². The third kappa shape index (κ3) is 3.04. The first-order valence-electron chi connectivity index (χ1n) is 8.81. The molecule has 2 aromatic rings. The Morgan fingerprint density at radius 1 is 1.24 bits per heavy atom. The van der Waals surface area contributed by atoms with E-state index in [0.717, 1.165) is 49.7 Å². The van der Waals surface area contributed by atoms with Crippen LogP contribution in [0, 0.1) is 4.64 Å². The minimum absolute atomic E-state index is 0.109. The Hall–Kier alpha value is -2.28. The maximum Gasteiger partial charge on any atom is 0.250 e. The molecule has 2 aromatic heterocycles. The normalized spacial score (nSPS) is 19.0. The molecule has 0 saturated carbocycles. The molecule has 1 saturated heterocycles. The van der Waals surface area contributed by atoms with E-state index < -0.39 is 6.04 Å². The fourth-order valence-corrected chi connectivity index (χ4v) is 3.88. The van der Waals surface area contributed by atoms with Crippen LogP contribution in [0.3, 0.4) is 0 Å². The van der Waals surface area contributed by atoms with Crippen LogP contribution in [0.15, 0.2) is 36.3 Å². The standard InChI is InChI=1S/C18H21N5OS/c24-17(22-9-5-2-6-10-22)15(13-7-3-1-4-8-13)23-12-19-16-14(18(23)25)11-20-21-16/h3,7-8,11-12,15H,1-2,4-6,9-10H2,(H,20,21). The number of fused-ring (bicyclic) bond motifs is 1. The lowest BCUT2D eigenvalue weighted by Crippen LogP contribution is -2.41. The molecule has 130 valence electrons. The van der Waals surface area contributed by atoms with Crippen LogP contribution < -0.4 is 0 Å². The van der Waals surface area contributed by atoms with Gasteiger partial charge < -0.3 is 9.47 Å². The highest BCUT2D eigenvalue weighted by Crippen LogP contribution is 2.28. The number of H-pyrrole nitrogens is 1. The van der Waals surface area contributed by atoms with E-state index in [1.165, 1.54) is 6.42 Å². The summed E-state index contributed by atoms with van der Waals surface area (Å²) in [6.45, 7) is 1.64. The number of rotatable bonds is 3. The molecular formula is C18H21N5OS. The zero-order chi connectivity index (χ0) is 17.2. The van der Waals surface area contributed by atoms with E-state index in [0.29, 0.717) is 10.3 Å². The SMILES string of the molecule is O=C(C(C1=CCCC=C1)n1cnc2[nH]ncc2c1=S)N1CCCCC1. The van der Waals surface area contributed by atoms with Crippen LogP contribution >= 0.6 is 12.2 Å². The Bertz CT molecular complexity index is 904. The topological polar surface area (TPSA) is 66.8 Å². The van der Waals surface area contributed by atoms with Gasteiger partial charge in [0.1, 0.15) is 10.7 Å². The number of piperidine rings is 1. The van der Waals surface area contributed by atoms with Gasteiger partial charge in [-0.1, -0.05) is 30.4 Å². The lowest BCUT2D eigenvalue weighted by atomic mass is 9.98. The average Bonchev–Trinajstić information content (AvgIpc) is 3.15. The van der Waals surface area contributed by atoms with Gasteiger partial charge in [-0.25, -0.2) is 4.98 Å². The van der Waals surface area contributed by atoms with E-state index in [1.807, 2.05) is 9.47 Å². The van der Waals surface area contributed by atoms with E-state index in [9.17, 15) is 4.79 Å². The number of amides is 1. The van der Waals surface area contributed by atoms with Gasteiger partial charge in [-0.2, -0.15) is 5.10 Å². The number of aromatic nitrogens is 4. The minimum Gasteiger partial charge on any atom is -0.341 e. The number of hydrogen-bond donors (Lipinski definition) is 1. The van der Waals surface area contributed by atoms with Gasteiger partial charge in [-0.3, -0.25) is 9.89 Å². The summed E-state index contributed by atoms with van der Waals surface area (Å²) in [6, 6.07) is -0.450. The number of hydrogen-bond acceptors (Lipinski definition) is 4. The van der Waals surface area contributed by atoms with Crippen molar-refractivity contribution in [2.45, 2.75) is 38.1 Å². The third-order valence-electron chi connectivity index (χ3n) is 4.91. The van der Waals surface area contributed by atoms with Crippen LogP contribution in [0.1, 0.15) is 38.1 Å². The van der Waals surface area contributed by atoms with Crippen LogP contribution in [-0.4, -0.2) is 43.6 Å².